The fourth-order valence-corrected chi connectivity index (χ4v) is 2.95. The van der Waals surface area contributed by atoms with Gasteiger partial charge in [0.2, 0.25) is 0 Å². The van der Waals surface area contributed by atoms with Crippen LogP contribution in [0.1, 0.15) is 35.7 Å². The fourth-order valence-electron chi connectivity index (χ4n) is 2.95. The van der Waals surface area contributed by atoms with Crippen molar-refractivity contribution in [2.24, 2.45) is 11.7 Å². The minimum Gasteiger partial charge on any atom is -0.382 e. The number of piperidine rings is 1. The van der Waals surface area contributed by atoms with E-state index in [4.69, 9.17) is 15.2 Å². The van der Waals surface area contributed by atoms with Crippen molar-refractivity contribution in [1.82, 2.24) is 4.90 Å². The highest BCUT2D eigenvalue weighted by atomic mass is 35.5. The standard InChI is InChI=1S/C18H27FN2O3.ClH/c1-13(20)15-4-3-7-21(11-15)18(22)14-5-6-17(19)16(10-14)12-24-9-8-23-2;/h5-6,10,13,15H,3-4,7-9,11-12,20H2,1-2H3;1H. The molecule has 0 radical (unpaired) electrons. The predicted molar refractivity (Wildman–Crippen MR) is 97.5 cm³/mol. The van der Waals surface area contributed by atoms with Crippen molar-refractivity contribution in [3.05, 3.63) is 35.1 Å². The van der Waals surface area contributed by atoms with Crippen LogP contribution < -0.4 is 5.73 Å². The summed E-state index contributed by atoms with van der Waals surface area (Å²) in [5, 5.41) is 0. The number of carbonyl (C=O) groups is 1. The summed E-state index contributed by atoms with van der Waals surface area (Å²) in [6.45, 7) is 4.32. The van der Waals surface area contributed by atoms with Gasteiger partial charge >= 0.3 is 0 Å². The van der Waals surface area contributed by atoms with Crippen molar-refractivity contribution in [2.45, 2.75) is 32.4 Å². The number of nitrogens with zero attached hydrogens (tertiary/aromatic N) is 1. The Morgan fingerprint density at radius 1 is 1.44 bits per heavy atom. The van der Waals surface area contributed by atoms with Gasteiger partial charge in [0.1, 0.15) is 5.82 Å². The number of halogens is 2. The smallest absolute Gasteiger partial charge is 0.253 e. The highest BCUT2D eigenvalue weighted by Crippen LogP contribution is 2.21. The van der Waals surface area contributed by atoms with Crippen molar-refractivity contribution in [2.75, 3.05) is 33.4 Å². The third-order valence-corrected chi connectivity index (χ3v) is 4.47. The van der Waals surface area contributed by atoms with E-state index in [0.29, 0.717) is 36.8 Å². The molecule has 1 aromatic rings. The summed E-state index contributed by atoms with van der Waals surface area (Å²) in [5.41, 5.74) is 6.86. The van der Waals surface area contributed by atoms with Crippen molar-refractivity contribution >= 4 is 18.3 Å². The van der Waals surface area contributed by atoms with E-state index >= 15 is 0 Å². The first-order valence-electron chi connectivity index (χ1n) is 8.43. The molecule has 0 spiro atoms. The van der Waals surface area contributed by atoms with Gasteiger partial charge in [-0.25, -0.2) is 4.39 Å². The maximum absolute atomic E-state index is 13.9. The first-order valence-corrected chi connectivity index (χ1v) is 8.43. The minimum absolute atomic E-state index is 0. The second kappa shape index (κ2) is 10.7. The Hall–Kier alpha value is -1.21. The van der Waals surface area contributed by atoms with Gasteiger partial charge in [-0.3, -0.25) is 4.79 Å². The zero-order valence-electron chi connectivity index (χ0n) is 14.9. The Kier molecular flexibility index (Phi) is 9.35. The second-order valence-corrected chi connectivity index (χ2v) is 6.36. The van der Waals surface area contributed by atoms with Crippen molar-refractivity contribution in [1.29, 1.82) is 0 Å². The molecular formula is C18H28ClFN2O3. The molecule has 7 heteroatoms. The number of ether oxygens (including phenoxy) is 2. The highest BCUT2D eigenvalue weighted by Gasteiger charge is 2.26. The van der Waals surface area contributed by atoms with Crippen LogP contribution in [0.4, 0.5) is 4.39 Å². The first-order chi connectivity index (χ1) is 11.5. The van der Waals surface area contributed by atoms with Gasteiger partial charge < -0.3 is 20.1 Å². The van der Waals surface area contributed by atoms with Crippen LogP contribution in [0.2, 0.25) is 0 Å². The molecular weight excluding hydrogens is 347 g/mol. The van der Waals surface area contributed by atoms with Gasteiger partial charge in [0.05, 0.1) is 19.8 Å². The van der Waals surface area contributed by atoms with Gasteiger partial charge in [-0.05, 0) is 43.9 Å². The Morgan fingerprint density at radius 2 is 2.20 bits per heavy atom. The van der Waals surface area contributed by atoms with Gasteiger partial charge in [0.15, 0.2) is 0 Å². The van der Waals surface area contributed by atoms with Crippen LogP contribution in [0.15, 0.2) is 18.2 Å². The molecule has 25 heavy (non-hydrogen) atoms. The lowest BCUT2D eigenvalue weighted by Crippen LogP contribution is -2.45. The first kappa shape index (κ1) is 21.8. The summed E-state index contributed by atoms with van der Waals surface area (Å²) < 4.78 is 24.2. The normalized spacial score (nSPS) is 18.6. The van der Waals surface area contributed by atoms with E-state index in [0.717, 1.165) is 19.4 Å². The number of rotatable bonds is 7. The van der Waals surface area contributed by atoms with Gasteiger partial charge in [-0.15, -0.1) is 12.4 Å². The maximum atomic E-state index is 13.9. The topological polar surface area (TPSA) is 64.8 Å². The molecule has 142 valence electrons. The molecule has 5 nitrogen and oxygen atoms in total. The van der Waals surface area contributed by atoms with Crippen molar-refractivity contribution in [3.8, 4) is 0 Å². The van der Waals surface area contributed by atoms with Crippen LogP contribution in [0, 0.1) is 11.7 Å². The van der Waals surface area contributed by atoms with E-state index in [1.807, 2.05) is 11.8 Å². The van der Waals surface area contributed by atoms with E-state index in [9.17, 15) is 9.18 Å². The number of hydrogen-bond donors (Lipinski definition) is 1. The number of likely N-dealkylation sites (tertiary alicyclic amines) is 1. The highest BCUT2D eigenvalue weighted by molar-refractivity contribution is 5.94. The third-order valence-electron chi connectivity index (χ3n) is 4.47. The Morgan fingerprint density at radius 3 is 2.88 bits per heavy atom. The monoisotopic (exact) mass is 374 g/mol. The molecule has 1 amide bonds. The predicted octanol–water partition coefficient (Wildman–Crippen LogP) is 2.61. The zero-order valence-corrected chi connectivity index (χ0v) is 15.7. The molecule has 2 atom stereocenters. The van der Waals surface area contributed by atoms with Gasteiger partial charge in [-0.1, -0.05) is 0 Å². The largest absolute Gasteiger partial charge is 0.382 e. The average molecular weight is 375 g/mol. The fraction of sp³-hybridized carbons (Fsp3) is 0.611. The van der Waals surface area contributed by atoms with Crippen LogP contribution in [0.5, 0.6) is 0 Å². The van der Waals surface area contributed by atoms with Crippen molar-refractivity contribution in [3.63, 3.8) is 0 Å². The molecule has 0 aliphatic carbocycles. The molecule has 0 aromatic heterocycles. The molecule has 1 fully saturated rings. The lowest BCUT2D eigenvalue weighted by atomic mass is 9.92. The van der Waals surface area contributed by atoms with Crippen LogP contribution in [-0.4, -0.2) is 50.3 Å². The Balaban J connectivity index is 0.00000312. The maximum Gasteiger partial charge on any atom is 0.253 e. The molecule has 0 bridgehead atoms. The number of benzene rings is 1. The van der Waals surface area contributed by atoms with E-state index in [-0.39, 0.29) is 36.8 Å². The Bertz CT molecular complexity index is 557. The molecule has 2 N–H and O–H groups in total. The minimum atomic E-state index is -0.365. The van der Waals surface area contributed by atoms with Crippen LogP contribution in [-0.2, 0) is 16.1 Å². The molecule has 2 rings (SSSR count). The Labute approximate surface area is 155 Å². The number of hydrogen-bond acceptors (Lipinski definition) is 4. The molecule has 0 saturated carbocycles. The van der Waals surface area contributed by atoms with Gasteiger partial charge in [0, 0.05) is 37.4 Å². The molecule has 1 aliphatic rings. The van der Waals surface area contributed by atoms with Gasteiger partial charge in [-0.2, -0.15) is 0 Å². The summed E-state index contributed by atoms with van der Waals surface area (Å²) in [6.07, 6.45) is 2.00. The van der Waals surface area contributed by atoms with Crippen molar-refractivity contribution < 1.29 is 18.7 Å². The summed E-state index contributed by atoms with van der Waals surface area (Å²) in [4.78, 5) is 14.5. The van der Waals surface area contributed by atoms with Crippen LogP contribution in [0.3, 0.4) is 0 Å². The summed E-state index contributed by atoms with van der Waals surface area (Å²) in [7, 11) is 1.58. The molecule has 1 heterocycles. The molecule has 1 saturated heterocycles. The quantitative estimate of drug-likeness (QED) is 0.745. The zero-order chi connectivity index (χ0) is 17.5. The van der Waals surface area contributed by atoms with Crippen LogP contribution >= 0.6 is 12.4 Å². The third kappa shape index (κ3) is 6.22. The number of methoxy groups -OCH3 is 1. The SMILES string of the molecule is COCCOCc1cc(C(=O)N2CCCC(C(C)N)C2)ccc1F.Cl. The average Bonchev–Trinajstić information content (AvgIpc) is 2.59. The van der Waals surface area contributed by atoms with Crippen LogP contribution in [0.25, 0.3) is 0 Å². The van der Waals surface area contributed by atoms with E-state index < -0.39 is 0 Å². The summed E-state index contributed by atoms with van der Waals surface area (Å²) in [5.74, 6) is -0.116. The molecule has 2 unspecified atom stereocenters. The lowest BCUT2D eigenvalue weighted by molar-refractivity contribution is 0.0600. The molecule has 1 aromatic carbocycles. The van der Waals surface area contributed by atoms with E-state index in [2.05, 4.69) is 0 Å². The second-order valence-electron chi connectivity index (χ2n) is 6.36. The summed E-state index contributed by atoms with van der Waals surface area (Å²) in [6, 6.07) is 4.51. The number of nitrogens with two attached hydrogens (primary N) is 1. The number of amides is 1. The van der Waals surface area contributed by atoms with E-state index in [1.54, 1.807) is 13.2 Å². The van der Waals surface area contributed by atoms with E-state index in [1.165, 1.54) is 12.1 Å². The lowest BCUT2D eigenvalue weighted by Gasteiger charge is -2.34. The summed E-state index contributed by atoms with van der Waals surface area (Å²) >= 11 is 0. The van der Waals surface area contributed by atoms with Gasteiger partial charge in [0.25, 0.3) is 5.91 Å². The molecule has 1 aliphatic heterocycles. The number of carbonyl (C=O) groups excluding carboxylic acids is 1.